The van der Waals surface area contributed by atoms with Crippen LogP contribution in [0.1, 0.15) is 60.2 Å². The first kappa shape index (κ1) is 23.9. The molecule has 1 N–H and O–H groups in total. The fourth-order valence-electron chi connectivity index (χ4n) is 3.15. The van der Waals surface area contributed by atoms with Crippen molar-refractivity contribution in [3.8, 4) is 0 Å². The molecule has 0 aliphatic carbocycles. The van der Waals surface area contributed by atoms with E-state index >= 15 is 0 Å². The van der Waals surface area contributed by atoms with Crippen molar-refractivity contribution in [2.75, 3.05) is 19.7 Å². The Kier molecular flexibility index (Phi) is 9.32. The van der Waals surface area contributed by atoms with Gasteiger partial charge >= 0.3 is 5.97 Å². The Morgan fingerprint density at radius 2 is 1.67 bits per heavy atom. The van der Waals surface area contributed by atoms with Crippen LogP contribution in [0.15, 0.2) is 24.3 Å². The summed E-state index contributed by atoms with van der Waals surface area (Å²) < 4.78 is 12.8. The topological polar surface area (TPSA) is 102 Å². The maximum Gasteiger partial charge on any atom is 0.332 e. The van der Waals surface area contributed by atoms with Gasteiger partial charge in [0.1, 0.15) is 6.61 Å². The maximum absolute atomic E-state index is 12.4. The lowest BCUT2D eigenvalue weighted by atomic mass is 10.0. The van der Waals surface area contributed by atoms with Crippen LogP contribution in [-0.2, 0) is 19.1 Å². The maximum atomic E-state index is 12.4. The van der Waals surface area contributed by atoms with Gasteiger partial charge in [-0.25, -0.2) is 4.79 Å². The van der Waals surface area contributed by atoms with Crippen LogP contribution in [0.2, 0.25) is 0 Å². The molecule has 2 rings (SSSR count). The smallest absolute Gasteiger partial charge is 0.332 e. The first-order valence-electron chi connectivity index (χ1n) is 9.96. The number of Topliss-reactive ketones (excluding diaryl/α,β-unsaturated/α-hetero) is 1. The minimum Gasteiger partial charge on any atom is -0.461 e. The van der Waals surface area contributed by atoms with E-state index < -0.39 is 0 Å². The molecule has 1 aromatic carbocycles. The van der Waals surface area contributed by atoms with Gasteiger partial charge in [-0.05, 0) is 38.8 Å². The number of carbonyl (C=O) groups is 4. The number of hydrogen-bond acceptors (Lipinski definition) is 7. The van der Waals surface area contributed by atoms with Gasteiger partial charge in [-0.2, -0.15) is 0 Å². The molecule has 0 saturated carbocycles. The van der Waals surface area contributed by atoms with Crippen molar-refractivity contribution in [2.24, 2.45) is 0 Å². The van der Waals surface area contributed by atoms with E-state index in [0.717, 1.165) is 0 Å². The fourth-order valence-corrected chi connectivity index (χ4v) is 3.28. The number of nitrogens with one attached hydrogen (secondary N) is 1. The SMILES string of the molecule is CC(C)OC(=O)COC1CCN(C(=O)CCC(=O)c2ccc(C(=O)NS)cc2)CC1. The van der Waals surface area contributed by atoms with Crippen LogP contribution in [-0.4, -0.2) is 60.4 Å². The summed E-state index contributed by atoms with van der Waals surface area (Å²) in [4.78, 5) is 49.4. The Labute approximate surface area is 181 Å². The van der Waals surface area contributed by atoms with E-state index in [4.69, 9.17) is 9.47 Å². The summed E-state index contributed by atoms with van der Waals surface area (Å²) in [6, 6.07) is 6.22. The Morgan fingerprint density at radius 1 is 1.07 bits per heavy atom. The van der Waals surface area contributed by atoms with Gasteiger partial charge in [-0.1, -0.05) is 24.9 Å². The summed E-state index contributed by atoms with van der Waals surface area (Å²) in [5.41, 5.74) is 0.860. The molecular formula is C21H28N2O6S. The third-order valence-corrected chi connectivity index (χ3v) is 4.94. The number of nitrogens with zero attached hydrogens (tertiary/aromatic N) is 1. The van der Waals surface area contributed by atoms with Gasteiger partial charge in [-0.15, -0.1) is 0 Å². The summed E-state index contributed by atoms with van der Waals surface area (Å²) >= 11 is 3.70. The lowest BCUT2D eigenvalue weighted by Gasteiger charge is -2.31. The average Bonchev–Trinajstić information content (AvgIpc) is 2.75. The van der Waals surface area contributed by atoms with E-state index in [1.165, 1.54) is 0 Å². The molecule has 0 atom stereocenters. The molecule has 1 saturated heterocycles. The van der Waals surface area contributed by atoms with E-state index in [0.29, 0.717) is 37.1 Å². The molecule has 1 aliphatic heterocycles. The van der Waals surface area contributed by atoms with E-state index in [1.807, 2.05) is 0 Å². The number of ketones is 1. The summed E-state index contributed by atoms with van der Waals surface area (Å²) in [5, 5.41) is 0. The van der Waals surface area contributed by atoms with Crippen LogP contribution in [0.4, 0.5) is 0 Å². The molecule has 0 spiro atoms. The summed E-state index contributed by atoms with van der Waals surface area (Å²) in [6.07, 6.45) is 1.27. The molecule has 0 unspecified atom stereocenters. The highest BCUT2D eigenvalue weighted by Crippen LogP contribution is 2.16. The zero-order valence-corrected chi connectivity index (χ0v) is 18.2. The van der Waals surface area contributed by atoms with Gasteiger partial charge in [0.2, 0.25) is 5.91 Å². The molecule has 0 aromatic heterocycles. The highest BCUT2D eigenvalue weighted by molar-refractivity contribution is 7.78. The lowest BCUT2D eigenvalue weighted by Crippen LogP contribution is -2.41. The molecule has 2 amide bonds. The second-order valence-electron chi connectivity index (χ2n) is 7.37. The minimum absolute atomic E-state index is 0.0768. The number of ether oxygens (including phenoxy) is 2. The lowest BCUT2D eigenvalue weighted by molar-refractivity contribution is -0.156. The van der Waals surface area contributed by atoms with Crippen molar-refractivity contribution in [3.63, 3.8) is 0 Å². The molecule has 8 nitrogen and oxygen atoms in total. The molecule has 1 heterocycles. The Hall–Kier alpha value is -2.39. The van der Waals surface area contributed by atoms with Gasteiger partial charge in [0.15, 0.2) is 5.78 Å². The van der Waals surface area contributed by atoms with Crippen LogP contribution in [0.3, 0.4) is 0 Å². The van der Waals surface area contributed by atoms with Crippen LogP contribution in [0.5, 0.6) is 0 Å². The van der Waals surface area contributed by atoms with Crippen LogP contribution >= 0.6 is 12.8 Å². The second kappa shape index (κ2) is 11.7. The average molecular weight is 437 g/mol. The zero-order chi connectivity index (χ0) is 22.1. The van der Waals surface area contributed by atoms with E-state index in [2.05, 4.69) is 17.5 Å². The van der Waals surface area contributed by atoms with Crippen LogP contribution < -0.4 is 4.72 Å². The third kappa shape index (κ3) is 7.46. The zero-order valence-electron chi connectivity index (χ0n) is 17.3. The van der Waals surface area contributed by atoms with Gasteiger partial charge in [0, 0.05) is 37.1 Å². The largest absolute Gasteiger partial charge is 0.461 e. The van der Waals surface area contributed by atoms with Crippen molar-refractivity contribution < 1.29 is 28.7 Å². The number of thiol groups is 1. The molecular weight excluding hydrogens is 408 g/mol. The number of likely N-dealkylation sites (tertiary alicyclic amines) is 1. The van der Waals surface area contributed by atoms with Crippen LogP contribution in [0, 0.1) is 0 Å². The Morgan fingerprint density at radius 3 is 2.23 bits per heavy atom. The summed E-state index contributed by atoms with van der Waals surface area (Å²) in [6.45, 7) is 4.54. The number of esters is 1. The first-order valence-corrected chi connectivity index (χ1v) is 10.4. The van der Waals surface area contributed by atoms with E-state index in [9.17, 15) is 19.2 Å². The van der Waals surface area contributed by atoms with Gasteiger partial charge < -0.3 is 14.4 Å². The first-order chi connectivity index (χ1) is 14.3. The molecule has 0 bridgehead atoms. The van der Waals surface area contributed by atoms with Gasteiger partial charge in [0.25, 0.3) is 5.91 Å². The number of hydrogen-bond donors (Lipinski definition) is 2. The van der Waals surface area contributed by atoms with Gasteiger partial charge in [-0.3, -0.25) is 19.1 Å². The van der Waals surface area contributed by atoms with Crippen molar-refractivity contribution in [1.82, 2.24) is 9.62 Å². The number of piperidine rings is 1. The minimum atomic E-state index is -0.388. The number of rotatable bonds is 9. The Balaban J connectivity index is 1.71. The van der Waals surface area contributed by atoms with Gasteiger partial charge in [0.05, 0.1) is 12.2 Å². The quantitative estimate of drug-likeness (QED) is 0.350. The fraction of sp³-hybridized carbons (Fsp3) is 0.524. The number of benzene rings is 1. The molecule has 164 valence electrons. The second-order valence-corrected chi connectivity index (χ2v) is 7.59. The number of amides is 2. The normalized spacial score (nSPS) is 14.5. The van der Waals surface area contributed by atoms with Crippen molar-refractivity contribution in [1.29, 1.82) is 0 Å². The van der Waals surface area contributed by atoms with Crippen molar-refractivity contribution in [3.05, 3.63) is 35.4 Å². The predicted molar refractivity (Wildman–Crippen MR) is 113 cm³/mol. The molecule has 1 fully saturated rings. The predicted octanol–water partition coefficient (Wildman–Crippen LogP) is 2.18. The molecule has 0 radical (unpaired) electrons. The highest BCUT2D eigenvalue weighted by Gasteiger charge is 2.24. The van der Waals surface area contributed by atoms with E-state index in [-0.39, 0.29) is 55.2 Å². The summed E-state index contributed by atoms with van der Waals surface area (Å²) in [7, 11) is 0. The third-order valence-electron chi connectivity index (χ3n) is 4.74. The highest BCUT2D eigenvalue weighted by atomic mass is 32.1. The molecule has 9 heteroatoms. The molecule has 30 heavy (non-hydrogen) atoms. The van der Waals surface area contributed by atoms with Crippen molar-refractivity contribution >= 4 is 36.4 Å². The summed E-state index contributed by atoms with van der Waals surface area (Å²) in [5.74, 6) is -0.965. The monoisotopic (exact) mass is 436 g/mol. The molecule has 1 aromatic rings. The molecule has 1 aliphatic rings. The standard InChI is InChI=1S/C21H28N2O6S/c1-14(2)29-20(26)13-28-17-9-11-23(12-10-17)19(25)8-7-18(24)15-3-5-16(6-4-15)21(27)22-30/h3-6,14,17,30H,7-13H2,1-2H3,(H,22,27). The van der Waals surface area contributed by atoms with Crippen molar-refractivity contribution in [2.45, 2.75) is 51.7 Å². The van der Waals surface area contributed by atoms with Crippen LogP contribution in [0.25, 0.3) is 0 Å². The number of carbonyl (C=O) groups excluding carboxylic acids is 4. The van der Waals surface area contributed by atoms with E-state index in [1.54, 1.807) is 43.0 Å². The Bertz CT molecular complexity index is 757.